The summed E-state index contributed by atoms with van der Waals surface area (Å²) < 4.78 is 15.5. The van der Waals surface area contributed by atoms with Gasteiger partial charge in [0.2, 0.25) is 5.91 Å². The van der Waals surface area contributed by atoms with Gasteiger partial charge in [0, 0.05) is 31.1 Å². The minimum Gasteiger partial charge on any atom is -0.338 e. The number of carbonyl (C=O) groups is 2. The smallest absolute Gasteiger partial charge is 0.253 e. The van der Waals surface area contributed by atoms with Crippen LogP contribution >= 0.6 is 11.6 Å². The Labute approximate surface area is 168 Å². The number of amides is 2. The third-order valence-corrected chi connectivity index (χ3v) is 5.10. The summed E-state index contributed by atoms with van der Waals surface area (Å²) in [5.74, 6) is 0.119. The zero-order valence-corrected chi connectivity index (χ0v) is 16.7. The Morgan fingerprint density at radius 1 is 1.29 bits per heavy atom. The third kappa shape index (κ3) is 4.70. The fourth-order valence-electron chi connectivity index (χ4n) is 3.39. The molecule has 0 saturated carbocycles. The van der Waals surface area contributed by atoms with E-state index >= 15 is 0 Å². The molecule has 0 radical (unpaired) electrons. The standard InChI is InChI=1S/C20H24ClFN4O2/c1-13(2)11-19(27)24-18-5-8-23-26(18)15-6-9-25(10-7-15)20(28)14-3-4-16(21)17(22)12-14/h3-5,8,12-13,15H,6-7,9-11H2,1-2H3,(H,24,27). The Hall–Kier alpha value is -2.41. The highest BCUT2D eigenvalue weighted by molar-refractivity contribution is 6.30. The number of aromatic nitrogens is 2. The number of hydrogen-bond donors (Lipinski definition) is 1. The van der Waals surface area contributed by atoms with Gasteiger partial charge in [0.25, 0.3) is 5.91 Å². The SMILES string of the molecule is CC(C)CC(=O)Nc1ccnn1C1CCN(C(=O)c2ccc(Cl)c(F)c2)CC1. The van der Waals surface area contributed by atoms with Gasteiger partial charge in [-0.3, -0.25) is 9.59 Å². The number of hydrogen-bond acceptors (Lipinski definition) is 3. The van der Waals surface area contributed by atoms with E-state index in [0.29, 0.717) is 43.7 Å². The first kappa shape index (κ1) is 20.3. The molecule has 0 bridgehead atoms. The molecule has 2 amide bonds. The number of halogens is 2. The fraction of sp³-hybridized carbons (Fsp3) is 0.450. The first-order chi connectivity index (χ1) is 13.3. The van der Waals surface area contributed by atoms with Crippen LogP contribution in [0.5, 0.6) is 0 Å². The van der Waals surface area contributed by atoms with Crippen molar-refractivity contribution in [2.75, 3.05) is 18.4 Å². The van der Waals surface area contributed by atoms with Crippen LogP contribution in [0, 0.1) is 11.7 Å². The van der Waals surface area contributed by atoms with Crippen molar-refractivity contribution in [1.82, 2.24) is 14.7 Å². The Bertz CT molecular complexity index is 860. The Morgan fingerprint density at radius 3 is 2.64 bits per heavy atom. The number of carbonyl (C=O) groups excluding carboxylic acids is 2. The van der Waals surface area contributed by atoms with Crippen LogP contribution in [0.4, 0.5) is 10.2 Å². The molecule has 1 aliphatic heterocycles. The molecule has 6 nitrogen and oxygen atoms in total. The van der Waals surface area contributed by atoms with Crippen molar-refractivity contribution in [3.8, 4) is 0 Å². The molecule has 2 aromatic rings. The lowest BCUT2D eigenvalue weighted by atomic mass is 10.0. The first-order valence-corrected chi connectivity index (χ1v) is 9.80. The molecular formula is C20H24ClFN4O2. The molecule has 1 aromatic heterocycles. The number of nitrogens with one attached hydrogen (secondary N) is 1. The summed E-state index contributed by atoms with van der Waals surface area (Å²) in [7, 11) is 0. The van der Waals surface area contributed by atoms with Gasteiger partial charge in [-0.25, -0.2) is 9.07 Å². The van der Waals surface area contributed by atoms with E-state index in [1.54, 1.807) is 17.2 Å². The minimum absolute atomic E-state index is 0.000911. The van der Waals surface area contributed by atoms with Crippen LogP contribution in [-0.4, -0.2) is 39.6 Å². The Morgan fingerprint density at radius 2 is 2.00 bits per heavy atom. The van der Waals surface area contributed by atoms with E-state index < -0.39 is 5.82 Å². The summed E-state index contributed by atoms with van der Waals surface area (Å²) in [5.41, 5.74) is 0.293. The van der Waals surface area contributed by atoms with Crippen LogP contribution in [-0.2, 0) is 4.79 Å². The molecular weight excluding hydrogens is 383 g/mol. The van der Waals surface area contributed by atoms with Gasteiger partial charge in [0.05, 0.1) is 17.3 Å². The lowest BCUT2D eigenvalue weighted by molar-refractivity contribution is -0.116. The van der Waals surface area contributed by atoms with Crippen LogP contribution in [0.25, 0.3) is 0 Å². The van der Waals surface area contributed by atoms with Gasteiger partial charge in [0.1, 0.15) is 11.6 Å². The van der Waals surface area contributed by atoms with Crippen LogP contribution in [0.1, 0.15) is 49.5 Å². The Balaban J connectivity index is 1.61. The molecule has 1 aliphatic rings. The number of piperidine rings is 1. The quantitative estimate of drug-likeness (QED) is 0.811. The topological polar surface area (TPSA) is 67.2 Å². The second-order valence-corrected chi connectivity index (χ2v) is 7.87. The molecule has 2 heterocycles. The molecule has 1 saturated heterocycles. The first-order valence-electron chi connectivity index (χ1n) is 9.43. The van der Waals surface area contributed by atoms with E-state index in [-0.39, 0.29) is 28.8 Å². The third-order valence-electron chi connectivity index (χ3n) is 4.80. The van der Waals surface area contributed by atoms with Crippen LogP contribution in [0.15, 0.2) is 30.5 Å². The van der Waals surface area contributed by atoms with Gasteiger partial charge < -0.3 is 10.2 Å². The van der Waals surface area contributed by atoms with Gasteiger partial charge >= 0.3 is 0 Å². The lowest BCUT2D eigenvalue weighted by Crippen LogP contribution is -2.39. The van der Waals surface area contributed by atoms with E-state index in [1.165, 1.54) is 18.2 Å². The molecule has 1 aromatic carbocycles. The maximum Gasteiger partial charge on any atom is 0.253 e. The van der Waals surface area contributed by atoms with E-state index in [4.69, 9.17) is 11.6 Å². The maximum absolute atomic E-state index is 13.6. The van der Waals surface area contributed by atoms with E-state index in [9.17, 15) is 14.0 Å². The van der Waals surface area contributed by atoms with Crippen molar-refractivity contribution in [1.29, 1.82) is 0 Å². The molecule has 1 N–H and O–H groups in total. The van der Waals surface area contributed by atoms with Crippen molar-refractivity contribution in [3.63, 3.8) is 0 Å². The lowest BCUT2D eigenvalue weighted by Gasteiger charge is -2.32. The number of rotatable bonds is 5. The molecule has 0 atom stereocenters. The number of benzene rings is 1. The second-order valence-electron chi connectivity index (χ2n) is 7.46. The maximum atomic E-state index is 13.6. The monoisotopic (exact) mass is 406 g/mol. The van der Waals surface area contributed by atoms with Crippen molar-refractivity contribution in [3.05, 3.63) is 46.9 Å². The average Bonchev–Trinajstić information content (AvgIpc) is 3.10. The van der Waals surface area contributed by atoms with Crippen LogP contribution in [0.2, 0.25) is 5.02 Å². The second kappa shape index (κ2) is 8.73. The largest absolute Gasteiger partial charge is 0.338 e. The van der Waals surface area contributed by atoms with Crippen LogP contribution in [0.3, 0.4) is 0 Å². The van der Waals surface area contributed by atoms with Crippen LogP contribution < -0.4 is 5.32 Å². The predicted octanol–water partition coefficient (Wildman–Crippen LogP) is 4.14. The zero-order chi connectivity index (χ0) is 20.3. The minimum atomic E-state index is -0.597. The summed E-state index contributed by atoms with van der Waals surface area (Å²) in [6.07, 6.45) is 3.53. The highest BCUT2D eigenvalue weighted by Crippen LogP contribution is 2.27. The van der Waals surface area contributed by atoms with Gasteiger partial charge in [-0.05, 0) is 37.0 Å². The summed E-state index contributed by atoms with van der Waals surface area (Å²) in [5, 5.41) is 7.27. The van der Waals surface area contributed by atoms with Crippen molar-refractivity contribution in [2.45, 2.75) is 39.2 Å². The van der Waals surface area contributed by atoms with E-state index in [1.807, 2.05) is 18.5 Å². The Kier molecular flexibility index (Phi) is 6.34. The van der Waals surface area contributed by atoms with E-state index in [0.717, 1.165) is 0 Å². The predicted molar refractivity (Wildman–Crippen MR) is 106 cm³/mol. The highest BCUT2D eigenvalue weighted by atomic mass is 35.5. The highest BCUT2D eigenvalue weighted by Gasteiger charge is 2.26. The normalized spacial score (nSPS) is 15.1. The molecule has 28 heavy (non-hydrogen) atoms. The van der Waals surface area contributed by atoms with Gasteiger partial charge in [0.15, 0.2) is 0 Å². The molecule has 150 valence electrons. The average molecular weight is 407 g/mol. The van der Waals surface area contributed by atoms with Gasteiger partial charge in [-0.15, -0.1) is 0 Å². The summed E-state index contributed by atoms with van der Waals surface area (Å²) >= 11 is 5.69. The molecule has 0 aliphatic carbocycles. The summed E-state index contributed by atoms with van der Waals surface area (Å²) in [6.45, 7) is 5.06. The molecule has 3 rings (SSSR count). The number of likely N-dealkylation sites (tertiary alicyclic amines) is 1. The van der Waals surface area contributed by atoms with E-state index in [2.05, 4.69) is 10.4 Å². The van der Waals surface area contributed by atoms with Crippen molar-refractivity contribution < 1.29 is 14.0 Å². The molecule has 0 unspecified atom stereocenters. The van der Waals surface area contributed by atoms with Crippen molar-refractivity contribution >= 4 is 29.2 Å². The fourth-order valence-corrected chi connectivity index (χ4v) is 3.51. The summed E-state index contributed by atoms with van der Waals surface area (Å²) in [4.78, 5) is 26.4. The molecule has 1 fully saturated rings. The van der Waals surface area contributed by atoms with Gasteiger partial charge in [-0.1, -0.05) is 25.4 Å². The number of nitrogens with zero attached hydrogens (tertiary/aromatic N) is 3. The summed E-state index contributed by atoms with van der Waals surface area (Å²) in [6, 6.07) is 5.98. The van der Waals surface area contributed by atoms with Crippen molar-refractivity contribution in [2.24, 2.45) is 5.92 Å². The zero-order valence-electron chi connectivity index (χ0n) is 16.0. The van der Waals surface area contributed by atoms with Gasteiger partial charge in [-0.2, -0.15) is 5.10 Å². The molecule has 8 heteroatoms. The molecule has 0 spiro atoms. The number of anilines is 1.